The molecule has 1 saturated carbocycles. The first kappa shape index (κ1) is 13.8. The lowest BCUT2D eigenvalue weighted by Crippen LogP contribution is -2.56. The molecule has 0 amide bonds. The zero-order valence-electron chi connectivity index (χ0n) is 13.0. The molecule has 0 spiro atoms. The SMILES string of the molecule is c1ccc([C@H]2CCN[C@@H]3CCCCN(CC4CC4)[C@H]23)cc1. The van der Waals surface area contributed by atoms with Gasteiger partial charge in [0.1, 0.15) is 0 Å². The molecule has 2 saturated heterocycles. The van der Waals surface area contributed by atoms with Gasteiger partial charge in [0.05, 0.1) is 0 Å². The van der Waals surface area contributed by atoms with Crippen molar-refractivity contribution in [3.63, 3.8) is 0 Å². The second-order valence-electron chi connectivity index (χ2n) is 7.29. The predicted octanol–water partition coefficient (Wildman–Crippen LogP) is 3.40. The van der Waals surface area contributed by atoms with Crippen LogP contribution in [0.2, 0.25) is 0 Å². The summed E-state index contributed by atoms with van der Waals surface area (Å²) >= 11 is 0. The Morgan fingerprint density at radius 2 is 1.86 bits per heavy atom. The number of nitrogens with zero attached hydrogens (tertiary/aromatic N) is 1. The highest BCUT2D eigenvalue weighted by molar-refractivity contribution is 5.23. The fourth-order valence-electron chi connectivity index (χ4n) is 4.52. The van der Waals surface area contributed by atoms with Crippen molar-refractivity contribution < 1.29 is 0 Å². The molecule has 0 unspecified atom stereocenters. The number of likely N-dealkylation sites (tertiary alicyclic amines) is 1. The molecule has 1 aromatic carbocycles. The van der Waals surface area contributed by atoms with Gasteiger partial charge in [0.15, 0.2) is 0 Å². The van der Waals surface area contributed by atoms with Crippen LogP contribution < -0.4 is 5.32 Å². The van der Waals surface area contributed by atoms with Crippen LogP contribution >= 0.6 is 0 Å². The minimum atomic E-state index is 0.713. The number of hydrogen-bond donors (Lipinski definition) is 1. The topological polar surface area (TPSA) is 15.3 Å². The van der Waals surface area contributed by atoms with Crippen LogP contribution in [0.1, 0.15) is 50.0 Å². The van der Waals surface area contributed by atoms with Gasteiger partial charge in [-0.2, -0.15) is 0 Å². The molecule has 2 aliphatic heterocycles. The Morgan fingerprint density at radius 1 is 1.00 bits per heavy atom. The Labute approximate surface area is 128 Å². The summed E-state index contributed by atoms with van der Waals surface area (Å²) in [6.45, 7) is 3.87. The molecule has 2 heterocycles. The minimum absolute atomic E-state index is 0.713. The summed E-state index contributed by atoms with van der Waals surface area (Å²) in [6, 6.07) is 12.7. The summed E-state index contributed by atoms with van der Waals surface area (Å²) in [4.78, 5) is 2.86. The summed E-state index contributed by atoms with van der Waals surface area (Å²) in [6.07, 6.45) is 8.40. The van der Waals surface area contributed by atoms with E-state index in [1.165, 1.54) is 58.2 Å². The first-order chi connectivity index (χ1) is 10.4. The summed E-state index contributed by atoms with van der Waals surface area (Å²) in [5, 5.41) is 3.84. The molecule has 0 aromatic heterocycles. The van der Waals surface area contributed by atoms with Crippen LogP contribution in [0, 0.1) is 5.92 Å². The maximum atomic E-state index is 3.84. The van der Waals surface area contributed by atoms with Gasteiger partial charge in [-0.1, -0.05) is 36.8 Å². The number of nitrogens with one attached hydrogen (secondary N) is 1. The standard InChI is InChI=1S/C19H28N2/c1-2-6-16(7-3-1)17-11-12-20-18-8-4-5-13-21(19(17)18)14-15-9-10-15/h1-3,6-7,15,17-20H,4-5,8-14H2/t17-,18-,19-/m1/s1. The van der Waals surface area contributed by atoms with E-state index in [0.717, 1.165) is 17.9 Å². The third kappa shape index (κ3) is 3.02. The van der Waals surface area contributed by atoms with E-state index in [1.54, 1.807) is 5.56 Å². The maximum Gasteiger partial charge on any atom is 0.0318 e. The number of benzene rings is 1. The van der Waals surface area contributed by atoms with Crippen LogP contribution in [0.3, 0.4) is 0 Å². The molecule has 1 N–H and O–H groups in total. The first-order valence-electron chi connectivity index (χ1n) is 8.94. The van der Waals surface area contributed by atoms with E-state index >= 15 is 0 Å². The van der Waals surface area contributed by atoms with Gasteiger partial charge in [-0.3, -0.25) is 4.90 Å². The van der Waals surface area contributed by atoms with E-state index in [0.29, 0.717) is 6.04 Å². The van der Waals surface area contributed by atoms with Gasteiger partial charge < -0.3 is 5.32 Å². The van der Waals surface area contributed by atoms with Gasteiger partial charge in [-0.15, -0.1) is 0 Å². The summed E-state index contributed by atoms with van der Waals surface area (Å²) in [7, 11) is 0. The summed E-state index contributed by atoms with van der Waals surface area (Å²) in [5.74, 6) is 1.73. The van der Waals surface area contributed by atoms with E-state index in [1.807, 2.05) is 0 Å². The fourth-order valence-corrected chi connectivity index (χ4v) is 4.52. The van der Waals surface area contributed by atoms with Crippen molar-refractivity contribution in [1.29, 1.82) is 0 Å². The molecule has 21 heavy (non-hydrogen) atoms. The van der Waals surface area contributed by atoms with Crippen molar-refractivity contribution in [3.05, 3.63) is 35.9 Å². The van der Waals surface area contributed by atoms with Crippen molar-refractivity contribution in [2.45, 2.75) is 56.5 Å². The Hall–Kier alpha value is -0.860. The van der Waals surface area contributed by atoms with Gasteiger partial charge in [-0.25, -0.2) is 0 Å². The van der Waals surface area contributed by atoms with Gasteiger partial charge >= 0.3 is 0 Å². The second kappa shape index (κ2) is 6.10. The average Bonchev–Trinajstić information content (AvgIpc) is 3.36. The normalized spacial score (nSPS) is 34.2. The van der Waals surface area contributed by atoms with E-state index in [-0.39, 0.29) is 0 Å². The summed E-state index contributed by atoms with van der Waals surface area (Å²) < 4.78 is 0. The number of piperidine rings is 1. The summed E-state index contributed by atoms with van der Waals surface area (Å²) in [5.41, 5.74) is 1.57. The maximum absolute atomic E-state index is 3.84. The monoisotopic (exact) mass is 284 g/mol. The van der Waals surface area contributed by atoms with E-state index in [2.05, 4.69) is 40.5 Å². The van der Waals surface area contributed by atoms with Gasteiger partial charge in [-0.05, 0) is 56.7 Å². The van der Waals surface area contributed by atoms with Gasteiger partial charge in [0.2, 0.25) is 0 Å². The molecular weight excluding hydrogens is 256 g/mol. The molecule has 3 aliphatic rings. The molecule has 3 fully saturated rings. The van der Waals surface area contributed by atoms with Crippen LogP contribution in [-0.4, -0.2) is 36.6 Å². The largest absolute Gasteiger partial charge is 0.312 e. The molecule has 2 heteroatoms. The highest BCUT2D eigenvalue weighted by atomic mass is 15.2. The number of fused-ring (bicyclic) bond motifs is 1. The van der Waals surface area contributed by atoms with Gasteiger partial charge in [0, 0.05) is 24.5 Å². The lowest BCUT2D eigenvalue weighted by molar-refractivity contribution is 0.114. The third-order valence-corrected chi connectivity index (χ3v) is 5.74. The van der Waals surface area contributed by atoms with Crippen LogP contribution in [0.4, 0.5) is 0 Å². The Balaban J connectivity index is 1.61. The molecule has 0 radical (unpaired) electrons. The van der Waals surface area contributed by atoms with Crippen molar-refractivity contribution in [3.8, 4) is 0 Å². The highest BCUT2D eigenvalue weighted by Gasteiger charge is 2.40. The zero-order valence-corrected chi connectivity index (χ0v) is 13.0. The lowest BCUT2D eigenvalue weighted by atomic mass is 9.80. The van der Waals surface area contributed by atoms with Crippen molar-refractivity contribution >= 4 is 0 Å². The third-order valence-electron chi connectivity index (χ3n) is 5.74. The van der Waals surface area contributed by atoms with Gasteiger partial charge in [0.25, 0.3) is 0 Å². The molecule has 4 rings (SSSR count). The molecule has 1 aromatic rings. The van der Waals surface area contributed by atoms with Crippen LogP contribution in [0.5, 0.6) is 0 Å². The number of rotatable bonds is 3. The average molecular weight is 284 g/mol. The van der Waals surface area contributed by atoms with E-state index in [4.69, 9.17) is 0 Å². The highest BCUT2D eigenvalue weighted by Crippen LogP contribution is 2.38. The molecule has 3 atom stereocenters. The van der Waals surface area contributed by atoms with E-state index < -0.39 is 0 Å². The predicted molar refractivity (Wildman–Crippen MR) is 87.5 cm³/mol. The van der Waals surface area contributed by atoms with Crippen molar-refractivity contribution in [1.82, 2.24) is 10.2 Å². The second-order valence-corrected chi connectivity index (χ2v) is 7.29. The molecule has 1 aliphatic carbocycles. The smallest absolute Gasteiger partial charge is 0.0318 e. The van der Waals surface area contributed by atoms with Crippen LogP contribution in [-0.2, 0) is 0 Å². The van der Waals surface area contributed by atoms with Crippen LogP contribution in [0.15, 0.2) is 30.3 Å². The Kier molecular flexibility index (Phi) is 4.00. The molecule has 114 valence electrons. The molecular formula is C19H28N2. The zero-order chi connectivity index (χ0) is 14.1. The minimum Gasteiger partial charge on any atom is -0.312 e. The van der Waals surface area contributed by atoms with E-state index in [9.17, 15) is 0 Å². The Morgan fingerprint density at radius 3 is 2.67 bits per heavy atom. The van der Waals surface area contributed by atoms with Crippen LogP contribution in [0.25, 0.3) is 0 Å². The molecule has 2 nitrogen and oxygen atoms in total. The lowest BCUT2D eigenvalue weighted by Gasteiger charge is -2.44. The fraction of sp³-hybridized carbons (Fsp3) is 0.684. The van der Waals surface area contributed by atoms with Crippen molar-refractivity contribution in [2.24, 2.45) is 5.92 Å². The quantitative estimate of drug-likeness (QED) is 0.915. The number of hydrogen-bond acceptors (Lipinski definition) is 2. The van der Waals surface area contributed by atoms with Crippen molar-refractivity contribution in [2.75, 3.05) is 19.6 Å². The first-order valence-corrected chi connectivity index (χ1v) is 8.94. The molecule has 0 bridgehead atoms. The Bertz CT molecular complexity index is 454.